The number of imidazole rings is 1. The minimum atomic E-state index is -0.452. The summed E-state index contributed by atoms with van der Waals surface area (Å²) in [6.45, 7) is 11.3. The average molecular weight is 533 g/mol. The van der Waals surface area contributed by atoms with E-state index in [0.717, 1.165) is 5.69 Å². The van der Waals surface area contributed by atoms with Crippen LogP contribution in [0.15, 0.2) is 72.5 Å². The van der Waals surface area contributed by atoms with Crippen LogP contribution in [0.3, 0.4) is 0 Å². The molecule has 0 saturated carbocycles. The third kappa shape index (κ3) is 6.56. The number of rotatable bonds is 8. The Hall–Kier alpha value is -4.64. The summed E-state index contributed by atoms with van der Waals surface area (Å²) in [5, 5.41) is 10.7. The first kappa shape index (κ1) is 26.4. The molecule has 0 aliphatic rings. The molecule has 3 amide bonds. The third-order valence-corrected chi connectivity index (χ3v) is 5.98. The van der Waals surface area contributed by atoms with Crippen LogP contribution in [0.4, 0.5) is 21.6 Å². The number of H-pyrrole nitrogens is 1. The zero-order valence-corrected chi connectivity index (χ0v) is 22.2. The van der Waals surface area contributed by atoms with Crippen LogP contribution >= 0.6 is 11.3 Å². The molecule has 0 spiro atoms. The predicted molar refractivity (Wildman–Crippen MR) is 150 cm³/mol. The van der Waals surface area contributed by atoms with Crippen LogP contribution in [0.5, 0.6) is 11.5 Å². The van der Waals surface area contributed by atoms with Gasteiger partial charge in [0.25, 0.3) is 5.91 Å². The summed E-state index contributed by atoms with van der Waals surface area (Å²) in [7, 11) is 0. The Morgan fingerprint density at radius 2 is 1.76 bits per heavy atom. The topological polar surface area (TPSA) is 130 Å². The van der Waals surface area contributed by atoms with Gasteiger partial charge in [0.05, 0.1) is 23.0 Å². The molecule has 0 atom stereocenters. The zero-order chi connectivity index (χ0) is 27.3. The number of aromatic amines is 1. The number of urea groups is 1. The van der Waals surface area contributed by atoms with Crippen molar-refractivity contribution >= 4 is 51.1 Å². The maximum atomic E-state index is 12.4. The predicted octanol–water partition coefficient (Wildman–Crippen LogP) is 6.76. The molecule has 2 heterocycles. The lowest BCUT2D eigenvalue weighted by atomic mass is 9.93. The van der Waals surface area contributed by atoms with Gasteiger partial charge in [-0.1, -0.05) is 27.4 Å². The van der Waals surface area contributed by atoms with Crippen molar-refractivity contribution in [1.29, 1.82) is 0 Å². The smallest absolute Gasteiger partial charge is 0.325 e. The molecule has 0 aliphatic heterocycles. The highest BCUT2D eigenvalue weighted by molar-refractivity contribution is 7.14. The van der Waals surface area contributed by atoms with Gasteiger partial charge in [0.2, 0.25) is 5.95 Å². The largest absolute Gasteiger partial charge is 0.460 e. The van der Waals surface area contributed by atoms with Crippen molar-refractivity contribution in [2.75, 3.05) is 16.0 Å². The van der Waals surface area contributed by atoms with Gasteiger partial charge in [-0.15, -0.1) is 11.3 Å². The Kier molecular flexibility index (Phi) is 7.77. The normalized spacial score (nSPS) is 11.6. The van der Waals surface area contributed by atoms with Crippen molar-refractivity contribution in [2.24, 2.45) is 0 Å². The number of hydrogen-bond acceptors (Lipinski definition) is 7. The summed E-state index contributed by atoms with van der Waals surface area (Å²) < 4.78 is 11.0. The molecule has 11 heteroatoms. The van der Waals surface area contributed by atoms with Gasteiger partial charge in [0.15, 0.2) is 10.9 Å². The number of hydrogen-bond donors (Lipinski definition) is 4. The molecular weight excluding hydrogens is 504 g/mol. The number of aromatic nitrogens is 3. The average Bonchev–Trinajstić information content (AvgIpc) is 3.50. The lowest BCUT2D eigenvalue weighted by Gasteiger charge is -2.14. The Morgan fingerprint density at radius 3 is 2.42 bits per heavy atom. The number of nitrogens with one attached hydrogen (secondary N) is 4. The Morgan fingerprint density at radius 1 is 1.03 bits per heavy atom. The molecule has 2 aromatic carbocycles. The van der Waals surface area contributed by atoms with E-state index < -0.39 is 5.91 Å². The molecule has 196 valence electrons. The van der Waals surface area contributed by atoms with E-state index in [1.807, 2.05) is 5.38 Å². The van der Waals surface area contributed by atoms with Crippen molar-refractivity contribution in [1.82, 2.24) is 15.0 Å². The minimum absolute atomic E-state index is 0.0834. The van der Waals surface area contributed by atoms with Gasteiger partial charge in [-0.2, -0.15) is 0 Å². The van der Waals surface area contributed by atoms with E-state index in [4.69, 9.17) is 9.47 Å². The summed E-state index contributed by atoms with van der Waals surface area (Å²) in [6, 6.07) is 11.9. The SMILES string of the molecule is C=CO/C(=C\C)C(=O)Nc1nc2ccc(Oc3ccc(NC(=O)Nc4nc(C(C)(C)C)cs4)cc3)cc2[nH]1. The standard InChI is InChI=1S/C27H28N6O4S/c1-6-21(36-7-2)23(34)32-24-29-19-13-12-18(14-20(19)30-24)37-17-10-8-16(9-11-17)28-25(35)33-26-31-22(15-38-26)27(3,4)5/h6-15H,2H2,1,3-5H3,(H2,28,31,33,35)(H2,29,30,32,34)/b21-6-. The van der Waals surface area contributed by atoms with Gasteiger partial charge in [-0.3, -0.25) is 15.4 Å². The van der Waals surface area contributed by atoms with Crippen LogP contribution in [0.2, 0.25) is 0 Å². The molecule has 2 aromatic heterocycles. The third-order valence-electron chi connectivity index (χ3n) is 5.22. The Bertz CT molecular complexity index is 1500. The van der Waals surface area contributed by atoms with Crippen molar-refractivity contribution in [2.45, 2.75) is 33.1 Å². The minimum Gasteiger partial charge on any atom is -0.460 e. The highest BCUT2D eigenvalue weighted by Crippen LogP contribution is 2.28. The summed E-state index contributed by atoms with van der Waals surface area (Å²) in [6.07, 6.45) is 2.71. The molecule has 0 unspecified atom stereocenters. The number of nitrogens with zero attached hydrogens (tertiary/aromatic N) is 2. The van der Waals surface area contributed by atoms with Crippen molar-refractivity contribution in [3.05, 3.63) is 78.2 Å². The van der Waals surface area contributed by atoms with Crippen LogP contribution < -0.4 is 20.7 Å². The molecule has 0 fully saturated rings. The second-order valence-electron chi connectivity index (χ2n) is 9.15. The van der Waals surface area contributed by atoms with E-state index in [-0.39, 0.29) is 23.2 Å². The first-order valence-electron chi connectivity index (χ1n) is 11.7. The van der Waals surface area contributed by atoms with Crippen LogP contribution in [0, 0.1) is 0 Å². The number of allylic oxidation sites excluding steroid dienone is 1. The van der Waals surface area contributed by atoms with E-state index >= 15 is 0 Å². The summed E-state index contributed by atoms with van der Waals surface area (Å²) in [5.41, 5.74) is 2.78. The van der Waals surface area contributed by atoms with E-state index in [1.165, 1.54) is 23.7 Å². The fourth-order valence-electron chi connectivity index (χ4n) is 3.30. The molecular formula is C27H28N6O4S. The number of anilines is 3. The lowest BCUT2D eigenvalue weighted by molar-refractivity contribution is -0.115. The number of thiazole rings is 1. The lowest BCUT2D eigenvalue weighted by Crippen LogP contribution is -2.19. The molecule has 10 nitrogen and oxygen atoms in total. The number of fused-ring (bicyclic) bond motifs is 1. The molecule has 38 heavy (non-hydrogen) atoms. The van der Waals surface area contributed by atoms with Gasteiger partial charge in [-0.05, 0) is 49.4 Å². The highest BCUT2D eigenvalue weighted by Gasteiger charge is 2.18. The maximum absolute atomic E-state index is 12.4. The first-order chi connectivity index (χ1) is 18.1. The van der Waals surface area contributed by atoms with Crippen LogP contribution in [-0.4, -0.2) is 26.9 Å². The molecule has 0 saturated heterocycles. The van der Waals surface area contributed by atoms with Crippen LogP contribution in [0.1, 0.15) is 33.4 Å². The molecule has 4 N–H and O–H groups in total. The molecule has 4 aromatic rings. The Balaban J connectivity index is 1.35. The number of carbonyl (C=O) groups excluding carboxylic acids is 2. The number of ether oxygens (including phenoxy) is 2. The van der Waals surface area contributed by atoms with Crippen LogP contribution in [0.25, 0.3) is 11.0 Å². The Labute approximate surface area is 223 Å². The zero-order valence-electron chi connectivity index (χ0n) is 21.4. The summed E-state index contributed by atoms with van der Waals surface area (Å²) in [5.74, 6) is 1.08. The van der Waals surface area contributed by atoms with E-state index in [1.54, 1.807) is 49.4 Å². The summed E-state index contributed by atoms with van der Waals surface area (Å²) >= 11 is 1.39. The summed E-state index contributed by atoms with van der Waals surface area (Å²) in [4.78, 5) is 36.5. The highest BCUT2D eigenvalue weighted by atomic mass is 32.1. The molecule has 0 bridgehead atoms. The van der Waals surface area contributed by atoms with Gasteiger partial charge in [0.1, 0.15) is 11.5 Å². The van der Waals surface area contributed by atoms with Crippen molar-refractivity contribution < 1.29 is 19.1 Å². The maximum Gasteiger partial charge on any atom is 0.325 e. The second-order valence-corrected chi connectivity index (χ2v) is 10.0. The quantitative estimate of drug-likeness (QED) is 0.147. The number of amides is 3. The first-order valence-corrected chi connectivity index (χ1v) is 12.6. The van der Waals surface area contributed by atoms with Crippen molar-refractivity contribution in [3.63, 3.8) is 0 Å². The second kappa shape index (κ2) is 11.2. The molecule has 4 rings (SSSR count). The number of carbonyl (C=O) groups is 2. The van der Waals surface area contributed by atoms with E-state index in [2.05, 4.69) is 58.3 Å². The molecule has 0 aliphatic carbocycles. The van der Waals surface area contributed by atoms with Gasteiger partial charge >= 0.3 is 6.03 Å². The van der Waals surface area contributed by atoms with E-state index in [0.29, 0.717) is 33.4 Å². The number of benzene rings is 2. The fourth-order valence-corrected chi connectivity index (χ4v) is 4.23. The monoisotopic (exact) mass is 532 g/mol. The van der Waals surface area contributed by atoms with Gasteiger partial charge in [-0.25, -0.2) is 14.8 Å². The van der Waals surface area contributed by atoms with Crippen LogP contribution in [-0.2, 0) is 14.9 Å². The van der Waals surface area contributed by atoms with Gasteiger partial charge < -0.3 is 19.8 Å². The van der Waals surface area contributed by atoms with E-state index in [9.17, 15) is 9.59 Å². The molecule has 0 radical (unpaired) electrons. The van der Waals surface area contributed by atoms with Crippen molar-refractivity contribution in [3.8, 4) is 11.5 Å². The fraction of sp³-hybridized carbons (Fsp3) is 0.185. The van der Waals surface area contributed by atoms with Gasteiger partial charge in [0, 0.05) is 22.5 Å².